The van der Waals surface area contributed by atoms with Gasteiger partial charge < -0.3 is 5.73 Å². The van der Waals surface area contributed by atoms with Crippen molar-refractivity contribution in [2.75, 3.05) is 5.73 Å². The molecule has 0 atom stereocenters. The zero-order valence-corrected chi connectivity index (χ0v) is 12.3. The number of halogens is 1. The molecule has 2 heterocycles. The van der Waals surface area contributed by atoms with Crippen molar-refractivity contribution in [3.63, 3.8) is 0 Å². The molecule has 0 fully saturated rings. The van der Waals surface area contributed by atoms with Gasteiger partial charge in [0.05, 0.1) is 17.4 Å². The average Bonchev–Trinajstić information content (AvgIpc) is 2.92. The second-order valence-corrected chi connectivity index (χ2v) is 4.57. The molecule has 3 rings (SSSR count). The minimum Gasteiger partial charge on any atom is -0.383 e. The fourth-order valence-electron chi connectivity index (χ4n) is 1.62. The molecule has 3 aromatic rings. The summed E-state index contributed by atoms with van der Waals surface area (Å²) in [6.45, 7) is 0. The first-order chi connectivity index (χ1) is 10.6. The number of nitrogens with two attached hydrogens (primary N) is 1. The molecule has 1 aromatic carbocycles. The fourth-order valence-corrected chi connectivity index (χ4v) is 1.80. The lowest BCUT2D eigenvalue weighted by atomic mass is 10.3. The Bertz CT molecular complexity index is 717. The fraction of sp³-hybridized carbons (Fsp3) is 0. The molecule has 0 aliphatic heterocycles. The Morgan fingerprint density at radius 1 is 1.14 bits per heavy atom. The van der Waals surface area contributed by atoms with Crippen molar-refractivity contribution in [1.82, 2.24) is 14.8 Å². The summed E-state index contributed by atoms with van der Waals surface area (Å²) in [7, 11) is 0. The lowest BCUT2D eigenvalue weighted by Gasteiger charge is -2.03. The SMILES string of the molecule is Nc1c(C(=O)S)cnn1-c1ccc(F)cc1.c1ccncc1. The maximum absolute atomic E-state index is 12.7. The normalized spacial score (nSPS) is 9.73. The number of benzene rings is 1. The summed E-state index contributed by atoms with van der Waals surface area (Å²) in [5.41, 5.74) is 6.52. The van der Waals surface area contributed by atoms with E-state index in [4.69, 9.17) is 5.73 Å². The average molecular weight is 316 g/mol. The van der Waals surface area contributed by atoms with E-state index in [9.17, 15) is 9.18 Å². The molecule has 7 heteroatoms. The summed E-state index contributed by atoms with van der Waals surface area (Å²) >= 11 is 3.67. The molecule has 0 aliphatic carbocycles. The first-order valence-corrected chi connectivity index (χ1v) is 6.72. The Morgan fingerprint density at radius 3 is 2.18 bits per heavy atom. The van der Waals surface area contributed by atoms with E-state index in [1.165, 1.54) is 35.1 Å². The van der Waals surface area contributed by atoms with Gasteiger partial charge in [-0.1, -0.05) is 6.07 Å². The Balaban J connectivity index is 0.000000246. The Kier molecular flexibility index (Phi) is 5.26. The lowest BCUT2D eigenvalue weighted by Crippen LogP contribution is -2.04. The van der Waals surface area contributed by atoms with Crippen LogP contribution in [0.3, 0.4) is 0 Å². The third-order valence-corrected chi connectivity index (χ3v) is 2.92. The maximum atomic E-state index is 12.7. The quantitative estimate of drug-likeness (QED) is 0.713. The van der Waals surface area contributed by atoms with Crippen LogP contribution in [0.2, 0.25) is 0 Å². The van der Waals surface area contributed by atoms with Crippen molar-refractivity contribution < 1.29 is 9.18 Å². The maximum Gasteiger partial charge on any atom is 0.221 e. The number of carbonyl (C=O) groups excluding carboxylic acids is 1. The highest BCUT2D eigenvalue weighted by molar-refractivity contribution is 7.97. The van der Waals surface area contributed by atoms with Gasteiger partial charge >= 0.3 is 0 Å². The zero-order chi connectivity index (χ0) is 15.9. The molecular formula is C15H13FN4OS. The van der Waals surface area contributed by atoms with E-state index in [0.717, 1.165) is 0 Å². The second kappa shape index (κ2) is 7.37. The van der Waals surface area contributed by atoms with Crippen molar-refractivity contribution in [3.05, 3.63) is 72.4 Å². The van der Waals surface area contributed by atoms with Gasteiger partial charge in [-0.05, 0) is 36.4 Å². The van der Waals surface area contributed by atoms with Crippen molar-refractivity contribution >= 4 is 23.6 Å². The molecular weight excluding hydrogens is 303 g/mol. The van der Waals surface area contributed by atoms with Crippen LogP contribution in [0.25, 0.3) is 5.69 Å². The number of rotatable bonds is 2. The van der Waals surface area contributed by atoms with E-state index < -0.39 is 5.12 Å². The minimum absolute atomic E-state index is 0.187. The van der Waals surface area contributed by atoms with Gasteiger partial charge in [-0.3, -0.25) is 9.78 Å². The number of anilines is 1. The lowest BCUT2D eigenvalue weighted by molar-refractivity contribution is 0.109. The third kappa shape index (κ3) is 3.92. The van der Waals surface area contributed by atoms with Crippen molar-refractivity contribution in [3.8, 4) is 5.69 Å². The number of carbonyl (C=O) groups is 1. The summed E-state index contributed by atoms with van der Waals surface area (Å²) in [4.78, 5) is 14.8. The highest BCUT2D eigenvalue weighted by atomic mass is 32.1. The monoisotopic (exact) mass is 316 g/mol. The van der Waals surface area contributed by atoms with Gasteiger partial charge in [0.1, 0.15) is 11.6 Å². The van der Waals surface area contributed by atoms with Crippen LogP contribution >= 0.6 is 12.6 Å². The number of hydrogen-bond donors (Lipinski definition) is 2. The van der Waals surface area contributed by atoms with Crippen LogP contribution in [0.5, 0.6) is 0 Å². The standard InChI is InChI=1S/C10H8FN3OS.C5H5N/c11-6-1-3-7(4-2-6)14-9(12)8(5-13-14)10(15)16;1-2-4-6-5-3-1/h1-5H,12H2,(H,15,16);1-5H. The number of pyridine rings is 1. The van der Waals surface area contributed by atoms with E-state index in [1.807, 2.05) is 18.2 Å². The van der Waals surface area contributed by atoms with Gasteiger partial charge in [0.2, 0.25) is 5.12 Å². The molecule has 0 spiro atoms. The summed E-state index contributed by atoms with van der Waals surface area (Å²) in [6, 6.07) is 11.3. The van der Waals surface area contributed by atoms with Gasteiger partial charge in [-0.15, -0.1) is 12.6 Å². The molecule has 0 unspecified atom stereocenters. The van der Waals surface area contributed by atoms with E-state index >= 15 is 0 Å². The van der Waals surface area contributed by atoms with Crippen LogP contribution in [0.1, 0.15) is 10.4 Å². The van der Waals surface area contributed by atoms with Crippen LogP contribution in [-0.2, 0) is 0 Å². The predicted octanol–water partition coefficient (Wildman–Crippen LogP) is 2.75. The smallest absolute Gasteiger partial charge is 0.221 e. The molecule has 0 saturated heterocycles. The minimum atomic E-state index is -0.453. The third-order valence-electron chi connectivity index (χ3n) is 2.67. The topological polar surface area (TPSA) is 73.8 Å². The molecule has 22 heavy (non-hydrogen) atoms. The van der Waals surface area contributed by atoms with E-state index in [0.29, 0.717) is 5.69 Å². The first-order valence-electron chi connectivity index (χ1n) is 6.27. The highest BCUT2D eigenvalue weighted by Crippen LogP contribution is 2.18. The number of nitrogen functional groups attached to an aromatic ring is 1. The zero-order valence-electron chi connectivity index (χ0n) is 11.4. The van der Waals surface area contributed by atoms with Gasteiger partial charge in [-0.2, -0.15) is 5.10 Å². The summed E-state index contributed by atoms with van der Waals surface area (Å²) in [6.07, 6.45) is 4.83. The van der Waals surface area contributed by atoms with Gasteiger partial charge in [0, 0.05) is 12.4 Å². The molecule has 0 bridgehead atoms. The second-order valence-electron chi connectivity index (χ2n) is 4.16. The largest absolute Gasteiger partial charge is 0.383 e. The molecule has 0 amide bonds. The molecule has 2 aromatic heterocycles. The van der Waals surface area contributed by atoms with Gasteiger partial charge in [-0.25, -0.2) is 9.07 Å². The highest BCUT2D eigenvalue weighted by Gasteiger charge is 2.12. The van der Waals surface area contributed by atoms with Crippen LogP contribution in [0, 0.1) is 5.82 Å². The molecule has 112 valence electrons. The summed E-state index contributed by atoms with van der Waals surface area (Å²) in [5.74, 6) is -0.161. The van der Waals surface area contributed by atoms with Crippen LogP contribution in [0.15, 0.2) is 61.1 Å². The van der Waals surface area contributed by atoms with Gasteiger partial charge in [0.15, 0.2) is 0 Å². The van der Waals surface area contributed by atoms with E-state index in [-0.39, 0.29) is 17.2 Å². The number of nitrogens with zero attached hydrogens (tertiary/aromatic N) is 3. The van der Waals surface area contributed by atoms with Crippen molar-refractivity contribution in [2.24, 2.45) is 0 Å². The number of aromatic nitrogens is 3. The molecule has 5 nitrogen and oxygen atoms in total. The molecule has 0 radical (unpaired) electrons. The van der Waals surface area contributed by atoms with E-state index in [2.05, 4.69) is 22.7 Å². The summed E-state index contributed by atoms with van der Waals surface area (Å²) in [5, 5.41) is 3.48. The van der Waals surface area contributed by atoms with Crippen LogP contribution in [0.4, 0.5) is 10.2 Å². The van der Waals surface area contributed by atoms with Crippen LogP contribution in [-0.4, -0.2) is 19.9 Å². The number of thiol groups is 1. The Morgan fingerprint density at radius 2 is 1.77 bits per heavy atom. The summed E-state index contributed by atoms with van der Waals surface area (Å²) < 4.78 is 14.1. The predicted molar refractivity (Wildman–Crippen MR) is 85.5 cm³/mol. The molecule has 0 aliphatic rings. The molecule has 2 N–H and O–H groups in total. The Labute approximate surface area is 132 Å². The van der Waals surface area contributed by atoms with Crippen LogP contribution < -0.4 is 5.73 Å². The number of hydrogen-bond acceptors (Lipinski definition) is 4. The van der Waals surface area contributed by atoms with Crippen molar-refractivity contribution in [1.29, 1.82) is 0 Å². The first kappa shape index (κ1) is 15.7. The Hall–Kier alpha value is -2.67. The molecule has 0 saturated carbocycles. The van der Waals surface area contributed by atoms with Gasteiger partial charge in [0.25, 0.3) is 0 Å². The van der Waals surface area contributed by atoms with E-state index in [1.54, 1.807) is 12.4 Å². The van der Waals surface area contributed by atoms with Crippen molar-refractivity contribution in [2.45, 2.75) is 0 Å².